The molecule has 0 heterocycles. The van der Waals surface area contributed by atoms with Crippen LogP contribution in [0.15, 0.2) is 17.1 Å². The van der Waals surface area contributed by atoms with Crippen LogP contribution in [0, 0.1) is 0 Å². The molecular formula is C7H13N. The molecule has 0 bridgehead atoms. The Kier molecular flexibility index (Phi) is 4.23. The Morgan fingerprint density at radius 2 is 2.38 bits per heavy atom. The fourth-order valence-corrected chi connectivity index (χ4v) is 0.408. The first-order chi connectivity index (χ1) is 3.81. The molecule has 1 heteroatoms. The molecule has 8 heavy (non-hydrogen) atoms. The van der Waals surface area contributed by atoms with E-state index in [1.54, 1.807) is 0 Å². The van der Waals surface area contributed by atoms with E-state index in [4.69, 9.17) is 0 Å². The summed E-state index contributed by atoms with van der Waals surface area (Å²) >= 11 is 0. The van der Waals surface area contributed by atoms with E-state index in [9.17, 15) is 0 Å². The van der Waals surface area contributed by atoms with Gasteiger partial charge in [-0.3, -0.25) is 4.99 Å². The third-order valence-electron chi connectivity index (χ3n) is 1.02. The fourth-order valence-electron chi connectivity index (χ4n) is 0.408. The molecule has 0 rings (SSSR count). The van der Waals surface area contributed by atoms with Gasteiger partial charge in [0.25, 0.3) is 0 Å². The predicted molar refractivity (Wildman–Crippen MR) is 38.4 cm³/mol. The van der Waals surface area contributed by atoms with Crippen molar-refractivity contribution < 1.29 is 0 Å². The summed E-state index contributed by atoms with van der Waals surface area (Å²) in [5.74, 6) is 0. The summed E-state index contributed by atoms with van der Waals surface area (Å²) in [6.07, 6.45) is 5.14. The van der Waals surface area contributed by atoms with Gasteiger partial charge in [0, 0.05) is 6.04 Å². The van der Waals surface area contributed by atoms with E-state index >= 15 is 0 Å². The topological polar surface area (TPSA) is 12.4 Å². The van der Waals surface area contributed by atoms with Crippen LogP contribution < -0.4 is 0 Å². The Bertz CT molecular complexity index is 84.4. The molecule has 0 aliphatic rings. The molecule has 1 nitrogen and oxygen atoms in total. The zero-order valence-corrected chi connectivity index (χ0v) is 5.59. The van der Waals surface area contributed by atoms with Crippen molar-refractivity contribution in [1.29, 1.82) is 0 Å². The molecule has 46 valence electrons. The van der Waals surface area contributed by atoms with Crippen molar-refractivity contribution in [2.75, 3.05) is 0 Å². The standard InChI is InChI=1S/C7H13N/c1-4-5-6-7(2)8-3/h4-5,7H,3,6H2,1-2H3. The second-order valence-corrected chi connectivity index (χ2v) is 1.84. The summed E-state index contributed by atoms with van der Waals surface area (Å²) in [6, 6.07) is 0.381. The largest absolute Gasteiger partial charge is 0.298 e. The highest BCUT2D eigenvalue weighted by atomic mass is 14.7. The summed E-state index contributed by atoms with van der Waals surface area (Å²) < 4.78 is 0. The van der Waals surface area contributed by atoms with Gasteiger partial charge < -0.3 is 0 Å². The number of rotatable bonds is 3. The van der Waals surface area contributed by atoms with Crippen molar-refractivity contribution in [1.82, 2.24) is 0 Å². The molecule has 0 aromatic heterocycles. The lowest BCUT2D eigenvalue weighted by molar-refractivity contribution is 0.765. The first-order valence-electron chi connectivity index (χ1n) is 2.88. The molecule has 0 saturated heterocycles. The van der Waals surface area contributed by atoms with Crippen molar-refractivity contribution in [3.8, 4) is 0 Å². The molecule has 0 N–H and O–H groups in total. The Hall–Kier alpha value is -0.590. The normalized spacial score (nSPS) is 14.2. The SMILES string of the molecule is C=NC(C)CC=CC. The van der Waals surface area contributed by atoms with Crippen molar-refractivity contribution in [3.05, 3.63) is 12.2 Å². The molecule has 0 saturated carbocycles. The minimum absolute atomic E-state index is 0.381. The maximum Gasteiger partial charge on any atom is 0.0498 e. The average Bonchev–Trinajstić information content (AvgIpc) is 1.83. The van der Waals surface area contributed by atoms with Crippen molar-refractivity contribution in [2.24, 2.45) is 4.99 Å². The van der Waals surface area contributed by atoms with Crippen LogP contribution in [0.5, 0.6) is 0 Å². The smallest absolute Gasteiger partial charge is 0.0498 e. The molecule has 0 aliphatic heterocycles. The van der Waals surface area contributed by atoms with Gasteiger partial charge in [0.1, 0.15) is 0 Å². The number of allylic oxidation sites excluding steroid dienone is 1. The Morgan fingerprint density at radius 3 is 2.75 bits per heavy atom. The third kappa shape index (κ3) is 3.59. The summed E-state index contributed by atoms with van der Waals surface area (Å²) in [5.41, 5.74) is 0. The highest BCUT2D eigenvalue weighted by molar-refractivity contribution is 5.24. The van der Waals surface area contributed by atoms with Crippen LogP contribution in [0.3, 0.4) is 0 Å². The third-order valence-corrected chi connectivity index (χ3v) is 1.02. The van der Waals surface area contributed by atoms with Crippen LogP contribution in [0.25, 0.3) is 0 Å². The van der Waals surface area contributed by atoms with Gasteiger partial charge in [-0.25, -0.2) is 0 Å². The predicted octanol–water partition coefficient (Wildman–Crippen LogP) is 2.04. The van der Waals surface area contributed by atoms with E-state index in [2.05, 4.69) is 17.8 Å². The summed E-state index contributed by atoms with van der Waals surface area (Å²) in [7, 11) is 0. The zero-order chi connectivity index (χ0) is 6.41. The maximum absolute atomic E-state index is 3.82. The number of nitrogens with zero attached hydrogens (tertiary/aromatic N) is 1. The van der Waals surface area contributed by atoms with Crippen molar-refractivity contribution >= 4 is 6.72 Å². The molecule has 0 aromatic carbocycles. The van der Waals surface area contributed by atoms with E-state index in [1.165, 1.54) is 0 Å². The van der Waals surface area contributed by atoms with E-state index in [1.807, 2.05) is 19.9 Å². The summed E-state index contributed by atoms with van der Waals surface area (Å²) in [5, 5.41) is 0. The minimum atomic E-state index is 0.381. The maximum atomic E-state index is 3.82. The summed E-state index contributed by atoms with van der Waals surface area (Å²) in [6.45, 7) is 7.49. The highest BCUT2D eigenvalue weighted by Crippen LogP contribution is 1.94. The monoisotopic (exact) mass is 111 g/mol. The lowest BCUT2D eigenvalue weighted by Gasteiger charge is -1.96. The van der Waals surface area contributed by atoms with Crippen LogP contribution in [-0.4, -0.2) is 12.8 Å². The lowest BCUT2D eigenvalue weighted by atomic mass is 10.2. The van der Waals surface area contributed by atoms with Crippen LogP contribution in [-0.2, 0) is 0 Å². The van der Waals surface area contributed by atoms with Gasteiger partial charge in [-0.15, -0.1) is 0 Å². The van der Waals surface area contributed by atoms with Crippen LogP contribution >= 0.6 is 0 Å². The Labute approximate surface area is 51.1 Å². The second-order valence-electron chi connectivity index (χ2n) is 1.84. The zero-order valence-electron chi connectivity index (χ0n) is 5.59. The number of hydrogen-bond donors (Lipinski definition) is 0. The average molecular weight is 111 g/mol. The lowest BCUT2D eigenvalue weighted by Crippen LogP contribution is -1.92. The second kappa shape index (κ2) is 4.57. The van der Waals surface area contributed by atoms with E-state index in [0.717, 1.165) is 6.42 Å². The quantitative estimate of drug-likeness (QED) is 0.390. The van der Waals surface area contributed by atoms with Crippen molar-refractivity contribution in [3.63, 3.8) is 0 Å². The molecule has 0 spiro atoms. The Morgan fingerprint density at radius 1 is 1.75 bits per heavy atom. The van der Waals surface area contributed by atoms with E-state index < -0.39 is 0 Å². The van der Waals surface area contributed by atoms with Gasteiger partial charge in [0.2, 0.25) is 0 Å². The van der Waals surface area contributed by atoms with Crippen LogP contribution in [0.1, 0.15) is 20.3 Å². The molecular weight excluding hydrogens is 98.1 g/mol. The molecule has 0 fully saturated rings. The molecule has 1 unspecified atom stereocenters. The molecule has 0 aromatic rings. The van der Waals surface area contributed by atoms with E-state index in [-0.39, 0.29) is 0 Å². The van der Waals surface area contributed by atoms with Gasteiger partial charge in [-0.05, 0) is 27.0 Å². The number of hydrogen-bond acceptors (Lipinski definition) is 1. The van der Waals surface area contributed by atoms with E-state index in [0.29, 0.717) is 6.04 Å². The van der Waals surface area contributed by atoms with Gasteiger partial charge in [-0.2, -0.15) is 0 Å². The van der Waals surface area contributed by atoms with Gasteiger partial charge >= 0.3 is 0 Å². The first-order valence-corrected chi connectivity index (χ1v) is 2.88. The van der Waals surface area contributed by atoms with Crippen molar-refractivity contribution in [2.45, 2.75) is 26.3 Å². The minimum Gasteiger partial charge on any atom is -0.298 e. The van der Waals surface area contributed by atoms with Crippen LogP contribution in [0.4, 0.5) is 0 Å². The van der Waals surface area contributed by atoms with Gasteiger partial charge in [-0.1, -0.05) is 12.2 Å². The Balaban J connectivity index is 3.23. The van der Waals surface area contributed by atoms with Gasteiger partial charge in [0.15, 0.2) is 0 Å². The molecule has 0 amide bonds. The first kappa shape index (κ1) is 7.41. The summed E-state index contributed by atoms with van der Waals surface area (Å²) in [4.78, 5) is 3.82. The highest BCUT2D eigenvalue weighted by Gasteiger charge is 1.88. The number of aliphatic imine (C=N–C) groups is 1. The molecule has 1 atom stereocenters. The molecule has 0 aliphatic carbocycles. The molecule has 0 radical (unpaired) electrons. The fraction of sp³-hybridized carbons (Fsp3) is 0.571. The van der Waals surface area contributed by atoms with Gasteiger partial charge in [0.05, 0.1) is 0 Å². The van der Waals surface area contributed by atoms with Crippen LogP contribution in [0.2, 0.25) is 0 Å².